The molecule has 22 heavy (non-hydrogen) atoms. The lowest BCUT2D eigenvalue weighted by Crippen LogP contribution is -2.36. The highest BCUT2D eigenvalue weighted by Crippen LogP contribution is 2.27. The number of carbonyl (C=O) groups is 1. The number of carbonyl (C=O) groups excluding carboxylic acids is 1. The van der Waals surface area contributed by atoms with E-state index in [0.717, 1.165) is 5.56 Å². The van der Waals surface area contributed by atoms with Gasteiger partial charge >= 0.3 is 0 Å². The fraction of sp³-hybridized carbons (Fsp3) is 0.562. The van der Waals surface area contributed by atoms with Crippen LogP contribution in [0.5, 0.6) is 11.5 Å². The fourth-order valence-electron chi connectivity index (χ4n) is 1.97. The maximum atomic E-state index is 12.0. The van der Waals surface area contributed by atoms with Crippen LogP contribution in [0.3, 0.4) is 0 Å². The summed E-state index contributed by atoms with van der Waals surface area (Å²) in [5, 5.41) is 2.81. The third-order valence-electron chi connectivity index (χ3n) is 2.98. The molecule has 0 heterocycles. The monoisotopic (exact) mass is 311 g/mol. The minimum Gasteiger partial charge on any atom is -0.493 e. The molecular weight excluding hydrogens is 286 g/mol. The van der Waals surface area contributed by atoms with Gasteiger partial charge in [-0.1, -0.05) is 6.07 Å². The van der Waals surface area contributed by atoms with E-state index in [4.69, 9.17) is 18.9 Å². The normalized spacial score (nSPS) is 10.6. The Labute approximate surface area is 131 Å². The second-order valence-electron chi connectivity index (χ2n) is 4.51. The molecule has 6 heteroatoms. The number of methoxy groups -OCH3 is 2. The predicted octanol–water partition coefficient (Wildman–Crippen LogP) is 1.76. The van der Waals surface area contributed by atoms with Crippen molar-refractivity contribution >= 4 is 5.91 Å². The molecule has 0 radical (unpaired) electrons. The molecule has 0 saturated carbocycles. The summed E-state index contributed by atoms with van der Waals surface area (Å²) in [6.45, 7) is 5.18. The quantitative estimate of drug-likeness (QED) is 0.667. The highest BCUT2D eigenvalue weighted by atomic mass is 16.7. The zero-order valence-corrected chi connectivity index (χ0v) is 13.7. The van der Waals surface area contributed by atoms with E-state index in [-0.39, 0.29) is 12.3 Å². The second kappa shape index (κ2) is 10.0. The predicted molar refractivity (Wildman–Crippen MR) is 83.3 cm³/mol. The first kappa shape index (κ1) is 18.3. The van der Waals surface area contributed by atoms with Crippen molar-refractivity contribution in [3.8, 4) is 11.5 Å². The van der Waals surface area contributed by atoms with E-state index >= 15 is 0 Å². The first-order valence-electron chi connectivity index (χ1n) is 7.35. The maximum Gasteiger partial charge on any atom is 0.224 e. The Hall–Kier alpha value is -1.79. The molecule has 124 valence electrons. The van der Waals surface area contributed by atoms with Gasteiger partial charge < -0.3 is 24.3 Å². The molecule has 0 aliphatic heterocycles. The molecule has 0 bridgehead atoms. The van der Waals surface area contributed by atoms with Gasteiger partial charge in [-0.25, -0.2) is 0 Å². The summed E-state index contributed by atoms with van der Waals surface area (Å²) >= 11 is 0. The van der Waals surface area contributed by atoms with Crippen LogP contribution in [-0.2, 0) is 20.7 Å². The smallest absolute Gasteiger partial charge is 0.224 e. The fourth-order valence-corrected chi connectivity index (χ4v) is 1.97. The maximum absolute atomic E-state index is 12.0. The van der Waals surface area contributed by atoms with E-state index in [9.17, 15) is 4.79 Å². The van der Waals surface area contributed by atoms with Gasteiger partial charge in [-0.2, -0.15) is 0 Å². The second-order valence-corrected chi connectivity index (χ2v) is 4.51. The lowest BCUT2D eigenvalue weighted by atomic mass is 10.1. The van der Waals surface area contributed by atoms with Crippen LogP contribution in [0, 0.1) is 0 Å². The Morgan fingerprint density at radius 1 is 1.09 bits per heavy atom. The van der Waals surface area contributed by atoms with Crippen molar-refractivity contribution in [2.75, 3.05) is 34.0 Å². The van der Waals surface area contributed by atoms with Crippen LogP contribution in [-0.4, -0.2) is 46.2 Å². The molecule has 1 amide bonds. The molecule has 0 saturated heterocycles. The van der Waals surface area contributed by atoms with Gasteiger partial charge in [-0.05, 0) is 31.5 Å². The first-order chi connectivity index (χ1) is 10.6. The number of nitrogens with one attached hydrogen (secondary N) is 1. The summed E-state index contributed by atoms with van der Waals surface area (Å²) < 4.78 is 21.1. The molecule has 6 nitrogen and oxygen atoms in total. The number of amides is 1. The SMILES string of the molecule is CCOC(CNC(=O)Cc1ccc(OC)c(OC)c1)OCC. The zero-order valence-electron chi connectivity index (χ0n) is 13.7. The van der Waals surface area contributed by atoms with Crippen LogP contribution in [0.15, 0.2) is 18.2 Å². The van der Waals surface area contributed by atoms with E-state index in [1.807, 2.05) is 19.9 Å². The minimum absolute atomic E-state index is 0.100. The van der Waals surface area contributed by atoms with Gasteiger partial charge in [0.05, 0.1) is 27.2 Å². The van der Waals surface area contributed by atoms with Crippen LogP contribution in [0.4, 0.5) is 0 Å². The first-order valence-corrected chi connectivity index (χ1v) is 7.35. The zero-order chi connectivity index (χ0) is 16.4. The molecular formula is C16H25NO5. The van der Waals surface area contributed by atoms with Gasteiger partial charge in [0.1, 0.15) is 0 Å². The van der Waals surface area contributed by atoms with E-state index in [0.29, 0.717) is 31.3 Å². The topological polar surface area (TPSA) is 66.0 Å². The molecule has 0 fully saturated rings. The lowest BCUT2D eigenvalue weighted by Gasteiger charge is -2.17. The van der Waals surface area contributed by atoms with E-state index in [1.54, 1.807) is 26.4 Å². The van der Waals surface area contributed by atoms with E-state index in [2.05, 4.69) is 5.32 Å². The Morgan fingerprint density at radius 2 is 1.73 bits per heavy atom. The molecule has 0 atom stereocenters. The standard InChI is InChI=1S/C16H25NO5/c1-5-21-16(22-6-2)11-17-15(18)10-12-7-8-13(19-3)14(9-12)20-4/h7-9,16H,5-6,10-11H2,1-4H3,(H,17,18). The summed E-state index contributed by atoms with van der Waals surface area (Å²) in [4.78, 5) is 12.0. The summed E-state index contributed by atoms with van der Waals surface area (Å²) in [5.41, 5.74) is 0.847. The Balaban J connectivity index is 2.54. The van der Waals surface area contributed by atoms with Crippen molar-refractivity contribution in [2.45, 2.75) is 26.6 Å². The summed E-state index contributed by atoms with van der Waals surface area (Å²) in [7, 11) is 3.14. The number of rotatable bonds is 10. The number of hydrogen-bond acceptors (Lipinski definition) is 5. The third kappa shape index (κ3) is 5.91. The average molecular weight is 311 g/mol. The molecule has 1 rings (SSSR count). The number of hydrogen-bond donors (Lipinski definition) is 1. The van der Waals surface area contributed by atoms with Crippen molar-refractivity contribution in [3.05, 3.63) is 23.8 Å². The van der Waals surface area contributed by atoms with Gasteiger partial charge in [0.2, 0.25) is 5.91 Å². The summed E-state index contributed by atoms with van der Waals surface area (Å²) in [6.07, 6.45) is -0.157. The third-order valence-corrected chi connectivity index (χ3v) is 2.98. The highest BCUT2D eigenvalue weighted by Gasteiger charge is 2.12. The van der Waals surface area contributed by atoms with E-state index in [1.165, 1.54) is 0 Å². The minimum atomic E-state index is -0.413. The molecule has 0 spiro atoms. The Bertz CT molecular complexity index is 458. The number of ether oxygens (including phenoxy) is 4. The van der Waals surface area contributed by atoms with E-state index < -0.39 is 6.29 Å². The van der Waals surface area contributed by atoms with Crippen molar-refractivity contribution in [1.82, 2.24) is 5.32 Å². The Kier molecular flexibility index (Phi) is 8.32. The molecule has 1 aromatic carbocycles. The van der Waals surface area contributed by atoms with Crippen molar-refractivity contribution in [3.63, 3.8) is 0 Å². The van der Waals surface area contributed by atoms with Crippen LogP contribution >= 0.6 is 0 Å². The van der Waals surface area contributed by atoms with Crippen molar-refractivity contribution < 1.29 is 23.7 Å². The molecule has 0 aliphatic rings. The van der Waals surface area contributed by atoms with Gasteiger partial charge in [0.15, 0.2) is 17.8 Å². The van der Waals surface area contributed by atoms with Gasteiger partial charge in [-0.3, -0.25) is 4.79 Å². The largest absolute Gasteiger partial charge is 0.493 e. The Morgan fingerprint density at radius 3 is 2.27 bits per heavy atom. The van der Waals surface area contributed by atoms with Crippen LogP contribution in [0.25, 0.3) is 0 Å². The molecule has 0 aromatic heterocycles. The summed E-state index contributed by atoms with van der Waals surface area (Å²) in [5.74, 6) is 1.14. The van der Waals surface area contributed by atoms with Gasteiger partial charge in [-0.15, -0.1) is 0 Å². The average Bonchev–Trinajstić information content (AvgIpc) is 2.53. The van der Waals surface area contributed by atoms with Crippen LogP contribution in [0.1, 0.15) is 19.4 Å². The summed E-state index contributed by atoms with van der Waals surface area (Å²) in [6, 6.07) is 5.41. The number of benzene rings is 1. The lowest BCUT2D eigenvalue weighted by molar-refractivity contribution is -0.140. The van der Waals surface area contributed by atoms with Crippen LogP contribution < -0.4 is 14.8 Å². The highest BCUT2D eigenvalue weighted by molar-refractivity contribution is 5.78. The molecule has 1 aromatic rings. The van der Waals surface area contributed by atoms with Gasteiger partial charge in [0.25, 0.3) is 0 Å². The van der Waals surface area contributed by atoms with Crippen molar-refractivity contribution in [1.29, 1.82) is 0 Å². The van der Waals surface area contributed by atoms with Crippen LogP contribution in [0.2, 0.25) is 0 Å². The molecule has 1 N–H and O–H groups in total. The van der Waals surface area contributed by atoms with Crippen molar-refractivity contribution in [2.24, 2.45) is 0 Å². The molecule has 0 aliphatic carbocycles. The molecule has 0 unspecified atom stereocenters. The van der Waals surface area contributed by atoms with Gasteiger partial charge in [0, 0.05) is 13.2 Å².